The zero-order valence-electron chi connectivity index (χ0n) is 28.1. The summed E-state index contributed by atoms with van der Waals surface area (Å²) in [7, 11) is 0. The molecule has 45 heavy (non-hydrogen) atoms. The molecule has 0 aromatic heterocycles. The van der Waals surface area contributed by atoms with Crippen molar-refractivity contribution in [3.05, 3.63) is 0 Å². The molecule has 1 unspecified atom stereocenters. The van der Waals surface area contributed by atoms with E-state index >= 15 is 0 Å². The maximum Gasteiger partial charge on any atom is 0.244 e. The third kappa shape index (κ3) is 19.4. The summed E-state index contributed by atoms with van der Waals surface area (Å²) in [6.07, 6.45) is 10.6. The molecule has 5 amide bonds. The number of carbonyl (C=O) groups excluding carboxylic acids is 5. The summed E-state index contributed by atoms with van der Waals surface area (Å²) in [6, 6.07) is -1.71. The van der Waals surface area contributed by atoms with Crippen LogP contribution >= 0.6 is 0 Å². The third-order valence-corrected chi connectivity index (χ3v) is 7.77. The Morgan fingerprint density at radius 2 is 1.40 bits per heavy atom. The number of piperazine rings is 1. The molecule has 0 aromatic rings. The Hall–Kier alpha value is -2.77. The lowest BCUT2D eigenvalue weighted by Gasteiger charge is -2.29. The molecular formula is C32H61N7O6. The number of aliphatic hydroxyl groups excluding tert-OH is 1. The van der Waals surface area contributed by atoms with Gasteiger partial charge < -0.3 is 42.3 Å². The van der Waals surface area contributed by atoms with Gasteiger partial charge in [-0.3, -0.25) is 24.0 Å². The standard InChI is InChI=1S/C32H61N7O6/c1-5-6-11-17-35-29(42)21-26-32(45)38-25(31(44)39-26)15-13-19-34-24(4)14-10-8-7-9-12-18-36-30(43)27(22-40)37-28(41)16-20-33-23(2)3/h23-27,33-34,40H,5-22H2,1-4H3,(H,35,42)(H,36,43)(H,37,41)(H,38,45)(H,39,44)/t24?,25-,26-,27+/m0/s1. The van der Waals surface area contributed by atoms with E-state index in [-0.39, 0.29) is 48.4 Å². The zero-order chi connectivity index (χ0) is 33.5. The van der Waals surface area contributed by atoms with Crippen LogP contribution < -0.4 is 37.2 Å². The highest BCUT2D eigenvalue weighted by atomic mass is 16.3. The lowest BCUT2D eigenvalue weighted by Crippen LogP contribution is -2.62. The molecule has 1 fully saturated rings. The first-order chi connectivity index (χ1) is 21.6. The van der Waals surface area contributed by atoms with Crippen LogP contribution in [0.4, 0.5) is 0 Å². The number of rotatable bonds is 26. The van der Waals surface area contributed by atoms with Crippen molar-refractivity contribution in [2.24, 2.45) is 0 Å². The summed E-state index contributed by atoms with van der Waals surface area (Å²) < 4.78 is 0. The summed E-state index contributed by atoms with van der Waals surface area (Å²) in [5, 5.41) is 29.7. The van der Waals surface area contributed by atoms with Gasteiger partial charge in [0.1, 0.15) is 18.1 Å². The molecule has 13 nitrogen and oxygen atoms in total. The second kappa shape index (κ2) is 24.5. The molecule has 0 saturated carbocycles. The van der Waals surface area contributed by atoms with E-state index in [2.05, 4.69) is 51.1 Å². The van der Waals surface area contributed by atoms with Gasteiger partial charge in [-0.15, -0.1) is 0 Å². The predicted molar refractivity (Wildman–Crippen MR) is 175 cm³/mol. The Morgan fingerprint density at radius 1 is 0.756 bits per heavy atom. The summed E-state index contributed by atoms with van der Waals surface area (Å²) in [5.74, 6) is -1.41. The average Bonchev–Trinajstić information content (AvgIpc) is 2.99. The van der Waals surface area contributed by atoms with Crippen LogP contribution in [0, 0.1) is 0 Å². The van der Waals surface area contributed by atoms with Crippen molar-refractivity contribution in [1.82, 2.24) is 37.2 Å². The van der Waals surface area contributed by atoms with E-state index in [1.165, 1.54) is 0 Å². The quantitative estimate of drug-likeness (QED) is 0.0636. The molecule has 0 aromatic carbocycles. The van der Waals surface area contributed by atoms with Crippen LogP contribution in [0.1, 0.15) is 111 Å². The van der Waals surface area contributed by atoms with E-state index in [9.17, 15) is 29.1 Å². The third-order valence-electron chi connectivity index (χ3n) is 7.77. The van der Waals surface area contributed by atoms with Gasteiger partial charge >= 0.3 is 0 Å². The van der Waals surface area contributed by atoms with Gasteiger partial charge in [-0.25, -0.2) is 0 Å². The number of hydrogen-bond donors (Lipinski definition) is 8. The van der Waals surface area contributed by atoms with E-state index in [1.54, 1.807) is 0 Å². The number of unbranched alkanes of at least 4 members (excludes halogenated alkanes) is 6. The number of hydrogen-bond acceptors (Lipinski definition) is 8. The van der Waals surface area contributed by atoms with Crippen LogP contribution in [0.5, 0.6) is 0 Å². The first-order valence-corrected chi connectivity index (χ1v) is 17.1. The normalized spacial score (nSPS) is 17.7. The van der Waals surface area contributed by atoms with Crippen LogP contribution in [0.25, 0.3) is 0 Å². The molecule has 1 saturated heterocycles. The van der Waals surface area contributed by atoms with Crippen molar-refractivity contribution >= 4 is 29.5 Å². The maximum absolute atomic E-state index is 12.5. The predicted octanol–water partition coefficient (Wildman–Crippen LogP) is 0.746. The molecule has 1 heterocycles. The van der Waals surface area contributed by atoms with Gasteiger partial charge in [0, 0.05) is 38.1 Å². The van der Waals surface area contributed by atoms with E-state index < -0.39 is 24.7 Å². The van der Waals surface area contributed by atoms with Crippen molar-refractivity contribution < 1.29 is 29.1 Å². The second-order valence-electron chi connectivity index (χ2n) is 12.4. The van der Waals surface area contributed by atoms with Gasteiger partial charge in [0.15, 0.2) is 0 Å². The Balaban J connectivity index is 2.07. The van der Waals surface area contributed by atoms with E-state index in [1.807, 2.05) is 13.8 Å². The molecule has 13 heteroatoms. The van der Waals surface area contributed by atoms with Crippen LogP contribution in [-0.4, -0.2) is 97.6 Å². The molecule has 0 aliphatic carbocycles. The van der Waals surface area contributed by atoms with Crippen molar-refractivity contribution in [2.75, 3.05) is 32.8 Å². The molecule has 1 aliphatic rings. The molecule has 0 bridgehead atoms. The molecule has 8 N–H and O–H groups in total. The maximum atomic E-state index is 12.5. The monoisotopic (exact) mass is 639 g/mol. The molecule has 260 valence electrons. The first kappa shape index (κ1) is 40.3. The summed E-state index contributed by atoms with van der Waals surface area (Å²) >= 11 is 0. The molecule has 0 spiro atoms. The highest BCUT2D eigenvalue weighted by Gasteiger charge is 2.34. The lowest BCUT2D eigenvalue weighted by molar-refractivity contribution is -0.138. The minimum absolute atomic E-state index is 0.0464. The molecule has 0 radical (unpaired) electrons. The highest BCUT2D eigenvalue weighted by Crippen LogP contribution is 2.09. The SMILES string of the molecule is CCCCCNC(=O)C[C@@H]1NC(=O)[C@H](CCCNC(C)CCCCCCCNC(=O)[C@@H](CO)NC(=O)CCNC(C)C)NC1=O. The van der Waals surface area contributed by atoms with Gasteiger partial charge in [0.05, 0.1) is 13.0 Å². The van der Waals surface area contributed by atoms with Crippen molar-refractivity contribution in [3.63, 3.8) is 0 Å². The second-order valence-corrected chi connectivity index (χ2v) is 12.4. The van der Waals surface area contributed by atoms with E-state index in [4.69, 9.17) is 0 Å². The fourth-order valence-corrected chi connectivity index (χ4v) is 5.02. The van der Waals surface area contributed by atoms with Crippen molar-refractivity contribution in [1.29, 1.82) is 0 Å². The zero-order valence-corrected chi connectivity index (χ0v) is 28.1. The molecule has 1 rings (SSSR count). The Bertz CT molecular complexity index is 888. The smallest absolute Gasteiger partial charge is 0.244 e. The van der Waals surface area contributed by atoms with Crippen LogP contribution in [0.2, 0.25) is 0 Å². The Labute approximate surface area is 269 Å². The van der Waals surface area contributed by atoms with Gasteiger partial charge in [-0.05, 0) is 45.6 Å². The fourth-order valence-electron chi connectivity index (χ4n) is 5.02. The topological polar surface area (TPSA) is 190 Å². The fraction of sp³-hybridized carbons (Fsp3) is 0.844. The average molecular weight is 640 g/mol. The van der Waals surface area contributed by atoms with Gasteiger partial charge in [0.2, 0.25) is 29.5 Å². The molecule has 4 atom stereocenters. The minimum atomic E-state index is -0.930. The minimum Gasteiger partial charge on any atom is -0.394 e. The molecule has 1 aliphatic heterocycles. The molecular weight excluding hydrogens is 578 g/mol. The lowest BCUT2D eigenvalue weighted by atomic mass is 10.0. The van der Waals surface area contributed by atoms with E-state index in [0.717, 1.165) is 70.8 Å². The van der Waals surface area contributed by atoms with Crippen LogP contribution in [0.15, 0.2) is 0 Å². The number of aliphatic hydroxyl groups is 1. The number of nitrogens with one attached hydrogen (secondary N) is 7. The Kier molecular flexibility index (Phi) is 21.9. The number of carbonyl (C=O) groups is 5. The highest BCUT2D eigenvalue weighted by molar-refractivity contribution is 5.99. The summed E-state index contributed by atoms with van der Waals surface area (Å²) in [6.45, 7) is 10.1. The van der Waals surface area contributed by atoms with Gasteiger partial charge in [-0.2, -0.15) is 0 Å². The first-order valence-electron chi connectivity index (χ1n) is 17.1. The van der Waals surface area contributed by atoms with Crippen LogP contribution in [-0.2, 0) is 24.0 Å². The summed E-state index contributed by atoms with van der Waals surface area (Å²) in [5.41, 5.74) is 0. The summed E-state index contributed by atoms with van der Waals surface area (Å²) in [4.78, 5) is 61.2. The Morgan fingerprint density at radius 3 is 2.11 bits per heavy atom. The van der Waals surface area contributed by atoms with Crippen molar-refractivity contribution in [3.8, 4) is 0 Å². The van der Waals surface area contributed by atoms with Gasteiger partial charge in [-0.1, -0.05) is 59.3 Å². The largest absolute Gasteiger partial charge is 0.394 e. The van der Waals surface area contributed by atoms with Gasteiger partial charge in [0.25, 0.3) is 0 Å². The van der Waals surface area contributed by atoms with Crippen molar-refractivity contribution in [2.45, 2.75) is 141 Å². The van der Waals surface area contributed by atoms with E-state index in [0.29, 0.717) is 32.1 Å². The number of amides is 5. The van der Waals surface area contributed by atoms with Crippen LogP contribution in [0.3, 0.4) is 0 Å².